The fourth-order valence-electron chi connectivity index (χ4n) is 0.869. The highest BCUT2D eigenvalue weighted by Gasteiger charge is 2.13. The number of carbonyl (C=O) groups is 1. The molecule has 1 aromatic rings. The van der Waals surface area contributed by atoms with Crippen LogP contribution in [0.4, 0.5) is 0 Å². The predicted molar refractivity (Wildman–Crippen MR) is 55.3 cm³/mol. The Kier molecular flexibility index (Phi) is 3.60. The summed E-state index contributed by atoms with van der Waals surface area (Å²) in [5, 5.41) is 12.6. The molecule has 4 nitrogen and oxygen atoms in total. The second-order valence-electron chi connectivity index (χ2n) is 2.68. The van der Waals surface area contributed by atoms with E-state index in [9.17, 15) is 4.79 Å². The summed E-state index contributed by atoms with van der Waals surface area (Å²) in [5.74, 6) is 5.12. The quantitative estimate of drug-likeness (QED) is 0.561. The van der Waals surface area contributed by atoms with Gasteiger partial charge in [0.1, 0.15) is 6.04 Å². The van der Waals surface area contributed by atoms with E-state index in [-0.39, 0.29) is 0 Å². The topological polar surface area (TPSA) is 55.1 Å². The average Bonchev–Trinajstić information content (AvgIpc) is 2.61. The number of nitrogens with zero attached hydrogens (tertiary/aromatic N) is 2. The molecule has 0 aliphatic rings. The molecule has 1 heterocycles. The molecule has 1 rings (SSSR count). The van der Waals surface area contributed by atoms with Crippen LogP contribution in [0.15, 0.2) is 12.4 Å². The second-order valence-corrected chi connectivity index (χ2v) is 3.00. The van der Waals surface area contributed by atoms with Gasteiger partial charge in [0.25, 0.3) is 0 Å². The van der Waals surface area contributed by atoms with Crippen molar-refractivity contribution in [1.29, 1.82) is 0 Å². The Balaban J connectivity index is 2.82. The van der Waals surface area contributed by atoms with Crippen LogP contribution in [0, 0.1) is 11.8 Å². The highest BCUT2D eigenvalue weighted by molar-refractivity contribution is 7.80. The molecule has 0 aliphatic heterocycles. The summed E-state index contributed by atoms with van der Waals surface area (Å²) >= 11 is 3.94. The van der Waals surface area contributed by atoms with E-state index in [4.69, 9.17) is 5.11 Å². The van der Waals surface area contributed by atoms with Crippen molar-refractivity contribution in [3.8, 4) is 11.8 Å². The number of carboxylic acids is 1. The number of thiol groups is 1. The van der Waals surface area contributed by atoms with Gasteiger partial charge < -0.3 is 5.11 Å². The van der Waals surface area contributed by atoms with Gasteiger partial charge in [0.05, 0.1) is 17.5 Å². The van der Waals surface area contributed by atoms with E-state index in [0.29, 0.717) is 11.3 Å². The molecule has 0 aromatic carbocycles. The monoisotopic (exact) mass is 210 g/mol. The molecule has 0 spiro atoms. The van der Waals surface area contributed by atoms with Gasteiger partial charge in [-0.1, -0.05) is 11.8 Å². The summed E-state index contributed by atoms with van der Waals surface area (Å²) in [5.41, 5.74) is 0.701. The third kappa shape index (κ3) is 2.54. The first-order valence-electron chi connectivity index (χ1n) is 4.02. The third-order valence-corrected chi connectivity index (χ3v) is 1.83. The second kappa shape index (κ2) is 4.72. The molecular formula is C9H10N2O2S. The van der Waals surface area contributed by atoms with E-state index >= 15 is 0 Å². The molecule has 1 aromatic heterocycles. The van der Waals surface area contributed by atoms with Crippen LogP contribution in [0.3, 0.4) is 0 Å². The number of aliphatic carboxylic acids is 1. The van der Waals surface area contributed by atoms with Crippen molar-refractivity contribution in [2.75, 3.05) is 5.75 Å². The lowest BCUT2D eigenvalue weighted by molar-refractivity contribution is -0.140. The van der Waals surface area contributed by atoms with E-state index in [1.807, 2.05) is 0 Å². The van der Waals surface area contributed by atoms with E-state index in [1.165, 1.54) is 10.9 Å². The van der Waals surface area contributed by atoms with Crippen LogP contribution in [0.1, 0.15) is 18.5 Å². The molecule has 0 aliphatic carbocycles. The van der Waals surface area contributed by atoms with Gasteiger partial charge in [-0.15, -0.1) is 0 Å². The highest BCUT2D eigenvalue weighted by Crippen LogP contribution is 2.05. The molecule has 1 N–H and O–H groups in total. The normalized spacial score (nSPS) is 11.6. The van der Waals surface area contributed by atoms with Crippen LogP contribution < -0.4 is 0 Å². The largest absolute Gasteiger partial charge is 0.480 e. The van der Waals surface area contributed by atoms with Gasteiger partial charge >= 0.3 is 5.97 Å². The summed E-state index contributed by atoms with van der Waals surface area (Å²) in [7, 11) is 0. The van der Waals surface area contributed by atoms with Crippen molar-refractivity contribution in [2.45, 2.75) is 13.0 Å². The Hall–Kier alpha value is -1.41. The first-order valence-corrected chi connectivity index (χ1v) is 4.65. The maximum absolute atomic E-state index is 10.6. The minimum atomic E-state index is -0.915. The molecule has 0 bridgehead atoms. The summed E-state index contributed by atoms with van der Waals surface area (Å²) in [6.45, 7) is 1.56. The van der Waals surface area contributed by atoms with Gasteiger partial charge in [-0.2, -0.15) is 17.7 Å². The van der Waals surface area contributed by atoms with Gasteiger partial charge in [-0.25, -0.2) is 4.79 Å². The van der Waals surface area contributed by atoms with Crippen LogP contribution in [0.25, 0.3) is 0 Å². The van der Waals surface area contributed by atoms with Crippen LogP contribution in [0.5, 0.6) is 0 Å². The van der Waals surface area contributed by atoms with Gasteiger partial charge in [-0.3, -0.25) is 4.68 Å². The van der Waals surface area contributed by atoms with Gasteiger partial charge in [-0.05, 0) is 6.92 Å². The molecule has 0 saturated heterocycles. The molecule has 0 radical (unpaired) electrons. The first-order chi connectivity index (χ1) is 6.65. The van der Waals surface area contributed by atoms with Crippen molar-refractivity contribution in [1.82, 2.24) is 9.78 Å². The Morgan fingerprint density at radius 3 is 3.14 bits per heavy atom. The fourth-order valence-corrected chi connectivity index (χ4v) is 0.948. The smallest absolute Gasteiger partial charge is 0.328 e. The molecule has 0 saturated carbocycles. The molecule has 5 heteroatoms. The number of hydrogen-bond donors (Lipinski definition) is 2. The highest BCUT2D eigenvalue weighted by atomic mass is 32.1. The zero-order valence-electron chi connectivity index (χ0n) is 7.64. The Morgan fingerprint density at radius 1 is 1.86 bits per heavy atom. The van der Waals surface area contributed by atoms with E-state index in [2.05, 4.69) is 29.6 Å². The van der Waals surface area contributed by atoms with E-state index < -0.39 is 12.0 Å². The summed E-state index contributed by atoms with van der Waals surface area (Å²) in [4.78, 5) is 10.6. The first kappa shape index (κ1) is 10.7. The maximum atomic E-state index is 10.6. The molecule has 0 amide bonds. The van der Waals surface area contributed by atoms with Crippen molar-refractivity contribution >= 4 is 18.6 Å². The summed E-state index contributed by atoms with van der Waals surface area (Å²) < 4.78 is 1.37. The standard InChI is InChI=1S/C9H10N2O2S/c1-7(9(12)13)11-6-8(5-10-11)3-2-4-14/h5-7,14H,4H2,1H3,(H,12,13)/t7-/m0/s1. The van der Waals surface area contributed by atoms with Gasteiger partial charge in [0.2, 0.25) is 0 Å². The molecular weight excluding hydrogens is 200 g/mol. The van der Waals surface area contributed by atoms with E-state index in [0.717, 1.165) is 0 Å². The SMILES string of the molecule is C[C@@H](C(=O)O)n1cc(C#CCS)cn1. The van der Waals surface area contributed by atoms with E-state index in [1.54, 1.807) is 13.1 Å². The molecule has 74 valence electrons. The van der Waals surface area contributed by atoms with Crippen LogP contribution in [0.2, 0.25) is 0 Å². The third-order valence-electron chi connectivity index (χ3n) is 1.67. The number of rotatable bonds is 2. The lowest BCUT2D eigenvalue weighted by Crippen LogP contribution is -2.15. The number of aromatic nitrogens is 2. The van der Waals surface area contributed by atoms with Crippen molar-refractivity contribution in [3.05, 3.63) is 18.0 Å². The summed E-state index contributed by atoms with van der Waals surface area (Å²) in [6, 6.07) is -0.665. The van der Waals surface area contributed by atoms with Crippen molar-refractivity contribution < 1.29 is 9.90 Å². The average molecular weight is 210 g/mol. The lowest BCUT2D eigenvalue weighted by Gasteiger charge is -2.04. The zero-order chi connectivity index (χ0) is 10.6. The van der Waals surface area contributed by atoms with Crippen molar-refractivity contribution in [2.24, 2.45) is 0 Å². The molecule has 0 unspecified atom stereocenters. The summed E-state index contributed by atoms with van der Waals surface area (Å²) in [6.07, 6.45) is 3.14. The Bertz CT molecular complexity index is 389. The van der Waals surface area contributed by atoms with Crippen LogP contribution in [-0.4, -0.2) is 26.6 Å². The van der Waals surface area contributed by atoms with Crippen molar-refractivity contribution in [3.63, 3.8) is 0 Å². The molecule has 0 fully saturated rings. The van der Waals surface area contributed by atoms with Gasteiger partial charge in [0, 0.05) is 6.20 Å². The maximum Gasteiger partial charge on any atom is 0.328 e. The number of carboxylic acid groups (broad SMARTS) is 1. The predicted octanol–water partition coefficient (Wildman–Crippen LogP) is 0.810. The molecule has 14 heavy (non-hydrogen) atoms. The zero-order valence-corrected chi connectivity index (χ0v) is 8.53. The minimum absolute atomic E-state index is 0.472. The van der Waals surface area contributed by atoms with Crippen LogP contribution in [-0.2, 0) is 4.79 Å². The number of hydrogen-bond acceptors (Lipinski definition) is 3. The lowest BCUT2D eigenvalue weighted by atomic mass is 10.3. The van der Waals surface area contributed by atoms with Gasteiger partial charge in [0.15, 0.2) is 0 Å². The Labute approximate surface area is 87.3 Å². The molecule has 1 atom stereocenters. The minimum Gasteiger partial charge on any atom is -0.480 e. The fraction of sp³-hybridized carbons (Fsp3) is 0.333. The Morgan fingerprint density at radius 2 is 2.57 bits per heavy atom. The van der Waals surface area contributed by atoms with Crippen LogP contribution >= 0.6 is 12.6 Å².